The van der Waals surface area contributed by atoms with E-state index in [-0.39, 0.29) is 61.1 Å². The van der Waals surface area contributed by atoms with E-state index in [2.05, 4.69) is 10.1 Å². The van der Waals surface area contributed by atoms with Crippen molar-refractivity contribution in [3.63, 3.8) is 0 Å². The molecule has 39 heavy (non-hydrogen) atoms. The quantitative estimate of drug-likeness (QED) is 0.422. The van der Waals surface area contributed by atoms with Gasteiger partial charge < -0.3 is 14.7 Å². The molecule has 3 heterocycles. The normalized spacial score (nSPS) is 22.7. The van der Waals surface area contributed by atoms with Gasteiger partial charge in [-0.15, -0.1) is 0 Å². The van der Waals surface area contributed by atoms with E-state index < -0.39 is 58.5 Å². The summed E-state index contributed by atoms with van der Waals surface area (Å²) >= 11 is 12.2. The lowest BCUT2D eigenvalue weighted by atomic mass is 9.74. The number of carbonyl (C=O) groups excluding carboxylic acids is 2. The van der Waals surface area contributed by atoms with Gasteiger partial charge >= 0.3 is 12.1 Å². The van der Waals surface area contributed by atoms with E-state index in [1.807, 2.05) is 0 Å². The van der Waals surface area contributed by atoms with Gasteiger partial charge in [0.15, 0.2) is 11.5 Å². The molecule has 0 aromatic carbocycles. The van der Waals surface area contributed by atoms with Crippen LogP contribution in [0, 0.1) is 10.8 Å². The zero-order valence-electron chi connectivity index (χ0n) is 21.2. The molecule has 1 N–H and O–H groups in total. The van der Waals surface area contributed by atoms with Crippen molar-refractivity contribution in [2.45, 2.75) is 51.7 Å². The van der Waals surface area contributed by atoms with Crippen LogP contribution in [0.15, 0.2) is 18.6 Å². The van der Waals surface area contributed by atoms with Crippen molar-refractivity contribution in [3.05, 3.63) is 45.5 Å². The monoisotopic (exact) mass is 590 g/mol. The number of halogens is 5. The maximum absolute atomic E-state index is 14.4. The number of carbonyl (C=O) groups is 3. The molecule has 14 heteroatoms. The molecule has 2 aliphatic rings. The number of aromatic nitrogens is 3. The van der Waals surface area contributed by atoms with Gasteiger partial charge in [0, 0.05) is 24.4 Å². The molecule has 1 amide bonds. The predicted molar refractivity (Wildman–Crippen MR) is 134 cm³/mol. The lowest BCUT2D eigenvalue weighted by molar-refractivity contribution is -0.152. The third kappa shape index (κ3) is 5.92. The molecule has 2 aromatic heterocycles. The minimum Gasteiger partial charge on any atom is -0.481 e. The van der Waals surface area contributed by atoms with E-state index in [0.717, 1.165) is 15.8 Å². The van der Waals surface area contributed by atoms with Crippen LogP contribution in [-0.2, 0) is 15.7 Å². The molecule has 0 spiro atoms. The van der Waals surface area contributed by atoms with Crippen molar-refractivity contribution in [1.29, 1.82) is 0 Å². The van der Waals surface area contributed by atoms with Crippen LogP contribution >= 0.6 is 23.2 Å². The van der Waals surface area contributed by atoms with E-state index in [0.29, 0.717) is 0 Å². The van der Waals surface area contributed by atoms with Crippen LogP contribution in [0.25, 0.3) is 0 Å². The van der Waals surface area contributed by atoms with Gasteiger partial charge in [0.25, 0.3) is 5.91 Å². The number of carboxylic acids is 1. The Hall–Kier alpha value is -2.70. The SMILES string of the molecule is CC1(CN(CC(=O)c2c(Cl)cncc2Cl)C(=O)c2cnn([C@H]3CC[C@](C)(C(=O)O)CC3)c2C(F)(F)F)COC1. The highest BCUT2D eigenvalue weighted by molar-refractivity contribution is 6.39. The highest BCUT2D eigenvalue weighted by atomic mass is 35.5. The molecule has 2 aromatic rings. The second kappa shape index (κ2) is 10.7. The van der Waals surface area contributed by atoms with Crippen molar-refractivity contribution >= 4 is 40.9 Å². The van der Waals surface area contributed by atoms with Crippen molar-refractivity contribution < 1.29 is 37.4 Å². The fraction of sp³-hybridized carbons (Fsp3) is 0.560. The summed E-state index contributed by atoms with van der Waals surface area (Å²) < 4.78 is 49.2. The van der Waals surface area contributed by atoms with Crippen LogP contribution < -0.4 is 0 Å². The Balaban J connectivity index is 1.67. The first-order valence-electron chi connectivity index (χ1n) is 12.2. The maximum Gasteiger partial charge on any atom is 0.433 e. The van der Waals surface area contributed by atoms with Gasteiger partial charge in [-0.3, -0.25) is 24.0 Å². The zero-order valence-corrected chi connectivity index (χ0v) is 22.7. The van der Waals surface area contributed by atoms with Crippen LogP contribution in [0.5, 0.6) is 0 Å². The molecule has 9 nitrogen and oxygen atoms in total. The molecule has 212 valence electrons. The second-order valence-electron chi connectivity index (χ2n) is 10.8. The van der Waals surface area contributed by atoms with Crippen LogP contribution in [0.2, 0.25) is 10.0 Å². The number of amides is 1. The number of aliphatic carboxylic acids is 1. The molecule has 1 aliphatic carbocycles. The van der Waals surface area contributed by atoms with Gasteiger partial charge in [-0.25, -0.2) is 0 Å². The first-order chi connectivity index (χ1) is 18.2. The number of hydrogen-bond donors (Lipinski definition) is 1. The number of carboxylic acid groups (broad SMARTS) is 1. The summed E-state index contributed by atoms with van der Waals surface area (Å²) in [6, 6.07) is -0.738. The van der Waals surface area contributed by atoms with E-state index in [9.17, 15) is 32.7 Å². The molecular formula is C25H27Cl2F3N4O5. The molecular weight excluding hydrogens is 564 g/mol. The highest BCUT2D eigenvalue weighted by Crippen LogP contribution is 2.43. The number of ether oxygens (including phenoxy) is 1. The van der Waals surface area contributed by atoms with E-state index in [1.54, 1.807) is 13.8 Å². The Morgan fingerprint density at radius 2 is 1.72 bits per heavy atom. The zero-order chi connectivity index (χ0) is 28.8. The Kier molecular flexibility index (Phi) is 8.04. The standard InChI is InChI=1S/C25H27Cl2F3N4O5/c1-23(12-39-13-23)11-33(10-18(35)19-16(26)8-31-9-17(19)27)21(36)15-7-32-34(20(15)25(28,29)30)14-3-5-24(2,6-4-14)22(37)38/h7-9,14H,3-6,10-13H2,1-2H3,(H,37,38)/t14-,24-. The number of rotatable bonds is 8. The molecule has 4 rings (SSSR count). The van der Waals surface area contributed by atoms with Gasteiger partial charge in [-0.05, 0) is 32.6 Å². The first-order valence-corrected chi connectivity index (χ1v) is 13.0. The van der Waals surface area contributed by atoms with Crippen molar-refractivity contribution in [2.24, 2.45) is 10.8 Å². The van der Waals surface area contributed by atoms with Crippen LogP contribution in [0.4, 0.5) is 13.2 Å². The summed E-state index contributed by atoms with van der Waals surface area (Å²) in [7, 11) is 0. The number of alkyl halides is 3. The van der Waals surface area contributed by atoms with E-state index in [1.165, 1.54) is 12.4 Å². The molecule has 1 saturated carbocycles. The Morgan fingerprint density at radius 1 is 1.13 bits per heavy atom. The summed E-state index contributed by atoms with van der Waals surface area (Å²) in [4.78, 5) is 43.3. The molecule has 0 atom stereocenters. The van der Waals surface area contributed by atoms with Crippen LogP contribution in [0.3, 0.4) is 0 Å². The number of Topliss-reactive ketones (excluding diaryl/α,β-unsaturated/α-hetero) is 1. The minimum atomic E-state index is -4.94. The van der Waals surface area contributed by atoms with Gasteiger partial charge in [0.05, 0.1) is 58.6 Å². The van der Waals surface area contributed by atoms with Gasteiger partial charge in [-0.2, -0.15) is 18.3 Å². The summed E-state index contributed by atoms with van der Waals surface area (Å²) in [5, 5.41) is 13.3. The smallest absolute Gasteiger partial charge is 0.433 e. The Bertz CT molecular complexity index is 1270. The molecule has 2 fully saturated rings. The maximum atomic E-state index is 14.4. The number of ketones is 1. The third-order valence-electron chi connectivity index (χ3n) is 7.44. The molecule has 0 bridgehead atoms. The average Bonchev–Trinajstić information content (AvgIpc) is 3.28. The predicted octanol–water partition coefficient (Wildman–Crippen LogP) is 5.17. The third-order valence-corrected chi connectivity index (χ3v) is 8.02. The van der Waals surface area contributed by atoms with Gasteiger partial charge in [0.1, 0.15) is 0 Å². The lowest BCUT2D eigenvalue weighted by Gasteiger charge is -2.41. The molecule has 1 aliphatic heterocycles. The van der Waals surface area contributed by atoms with E-state index in [4.69, 9.17) is 27.9 Å². The average molecular weight is 591 g/mol. The topological polar surface area (TPSA) is 115 Å². The number of nitrogens with zero attached hydrogens (tertiary/aromatic N) is 4. The number of hydrogen-bond acceptors (Lipinski definition) is 6. The Morgan fingerprint density at radius 3 is 2.21 bits per heavy atom. The van der Waals surface area contributed by atoms with Gasteiger partial charge in [0.2, 0.25) is 0 Å². The van der Waals surface area contributed by atoms with Crippen molar-refractivity contribution in [1.82, 2.24) is 19.7 Å². The molecule has 0 radical (unpaired) electrons. The van der Waals surface area contributed by atoms with Gasteiger partial charge in [-0.1, -0.05) is 30.1 Å². The second-order valence-corrected chi connectivity index (χ2v) is 11.6. The highest BCUT2D eigenvalue weighted by Gasteiger charge is 2.46. The number of pyridine rings is 1. The fourth-order valence-corrected chi connectivity index (χ4v) is 5.65. The summed E-state index contributed by atoms with van der Waals surface area (Å²) in [6.07, 6.45) is -1.03. The first kappa shape index (κ1) is 29.3. The summed E-state index contributed by atoms with van der Waals surface area (Å²) in [5.41, 5.74) is -3.62. The Labute approximate surface area is 232 Å². The lowest BCUT2D eigenvalue weighted by Crippen LogP contribution is -2.51. The van der Waals surface area contributed by atoms with Crippen LogP contribution in [-0.4, -0.2) is 68.7 Å². The minimum absolute atomic E-state index is 0.0486. The molecule has 1 saturated heterocycles. The summed E-state index contributed by atoms with van der Waals surface area (Å²) in [5.74, 6) is -2.69. The fourth-order valence-electron chi connectivity index (χ4n) is 5.08. The largest absolute Gasteiger partial charge is 0.481 e. The summed E-state index contributed by atoms with van der Waals surface area (Å²) in [6.45, 7) is 3.25. The van der Waals surface area contributed by atoms with Crippen molar-refractivity contribution in [3.8, 4) is 0 Å². The molecule has 0 unspecified atom stereocenters. The van der Waals surface area contributed by atoms with E-state index >= 15 is 0 Å². The van der Waals surface area contributed by atoms with Crippen LogP contribution in [0.1, 0.15) is 72.0 Å². The van der Waals surface area contributed by atoms with Crippen molar-refractivity contribution in [2.75, 3.05) is 26.3 Å².